The number of benzene rings is 2. The molecule has 1 heterocycles. The maximum Gasteiger partial charge on any atom is 0.230 e. The number of fused-ring (bicyclic) bond motifs is 1. The number of carbonyl (C=O) groups is 1. The zero-order chi connectivity index (χ0) is 16.2. The van der Waals surface area contributed by atoms with Crippen LogP contribution in [0.25, 0.3) is 0 Å². The number of methoxy groups -OCH3 is 1. The fourth-order valence-corrected chi connectivity index (χ4v) is 3.34. The predicted molar refractivity (Wildman–Crippen MR) is 93.2 cm³/mol. The van der Waals surface area contributed by atoms with E-state index in [0.717, 1.165) is 23.4 Å². The lowest BCUT2D eigenvalue weighted by Crippen LogP contribution is -2.41. The van der Waals surface area contributed by atoms with Crippen LogP contribution in [0, 0.1) is 5.92 Å². The molecule has 2 aromatic rings. The molecule has 1 aliphatic rings. The Morgan fingerprint density at radius 3 is 2.61 bits per heavy atom. The average Bonchev–Trinajstić information content (AvgIpc) is 2.59. The van der Waals surface area contributed by atoms with Crippen LogP contribution in [0.15, 0.2) is 48.5 Å². The summed E-state index contributed by atoms with van der Waals surface area (Å²) in [6, 6.07) is 16.0. The van der Waals surface area contributed by atoms with Crippen LogP contribution in [0.2, 0.25) is 0 Å². The van der Waals surface area contributed by atoms with Gasteiger partial charge in [0.1, 0.15) is 5.75 Å². The summed E-state index contributed by atoms with van der Waals surface area (Å²) >= 11 is 5.88. The summed E-state index contributed by atoms with van der Waals surface area (Å²) in [6.07, 6.45) is 1.49. The molecular weight excluding hydrogens is 310 g/mol. The summed E-state index contributed by atoms with van der Waals surface area (Å²) in [5, 5.41) is 0. The van der Waals surface area contributed by atoms with Crippen LogP contribution in [0.1, 0.15) is 17.5 Å². The van der Waals surface area contributed by atoms with Gasteiger partial charge in [-0.3, -0.25) is 4.79 Å². The van der Waals surface area contributed by atoms with Crippen LogP contribution >= 0.6 is 11.6 Å². The minimum atomic E-state index is -0.0272. The van der Waals surface area contributed by atoms with Crippen molar-refractivity contribution in [2.75, 3.05) is 17.9 Å². The quantitative estimate of drug-likeness (QED) is 0.775. The lowest BCUT2D eigenvalue weighted by Gasteiger charge is -2.34. The van der Waals surface area contributed by atoms with Crippen LogP contribution < -0.4 is 9.64 Å². The standard InChI is InChI=1S/C19H20ClNO2/c1-23-17-8-6-14(7-9-17)13-21-18-5-3-2-4-15(18)12-16(10-11-20)19(21)22/h2-9,16H,10-13H2,1H3. The number of halogens is 1. The zero-order valence-electron chi connectivity index (χ0n) is 13.2. The third-order valence-electron chi connectivity index (χ3n) is 4.32. The molecule has 0 spiro atoms. The van der Waals surface area contributed by atoms with E-state index in [4.69, 9.17) is 16.3 Å². The first-order valence-corrected chi connectivity index (χ1v) is 8.34. The third-order valence-corrected chi connectivity index (χ3v) is 4.54. The molecule has 0 radical (unpaired) electrons. The van der Waals surface area contributed by atoms with Gasteiger partial charge in [-0.1, -0.05) is 30.3 Å². The molecule has 4 heteroatoms. The highest BCUT2D eigenvalue weighted by molar-refractivity contribution is 6.18. The highest BCUT2D eigenvalue weighted by atomic mass is 35.5. The van der Waals surface area contributed by atoms with Crippen LogP contribution in [0.3, 0.4) is 0 Å². The van der Waals surface area contributed by atoms with E-state index in [1.807, 2.05) is 47.4 Å². The normalized spacial score (nSPS) is 17.0. The Morgan fingerprint density at radius 1 is 1.17 bits per heavy atom. The van der Waals surface area contributed by atoms with Crippen molar-refractivity contribution in [1.82, 2.24) is 0 Å². The average molecular weight is 330 g/mol. The van der Waals surface area contributed by atoms with E-state index < -0.39 is 0 Å². The van der Waals surface area contributed by atoms with E-state index in [2.05, 4.69) is 6.07 Å². The smallest absolute Gasteiger partial charge is 0.230 e. The van der Waals surface area contributed by atoms with Gasteiger partial charge in [0.2, 0.25) is 5.91 Å². The number of carbonyl (C=O) groups excluding carboxylic acids is 1. The highest BCUT2D eigenvalue weighted by Gasteiger charge is 2.32. The molecule has 0 aromatic heterocycles. The summed E-state index contributed by atoms with van der Waals surface area (Å²) in [4.78, 5) is 14.7. The van der Waals surface area contributed by atoms with Crippen molar-refractivity contribution >= 4 is 23.2 Å². The monoisotopic (exact) mass is 329 g/mol. The van der Waals surface area contributed by atoms with E-state index in [9.17, 15) is 4.79 Å². The van der Waals surface area contributed by atoms with Crippen molar-refractivity contribution in [3.05, 3.63) is 59.7 Å². The molecule has 23 heavy (non-hydrogen) atoms. The van der Waals surface area contributed by atoms with E-state index in [-0.39, 0.29) is 11.8 Å². The van der Waals surface area contributed by atoms with E-state index in [0.29, 0.717) is 18.8 Å². The molecule has 1 atom stereocenters. The molecule has 3 rings (SSSR count). The molecular formula is C19H20ClNO2. The van der Waals surface area contributed by atoms with Gasteiger partial charge in [-0.15, -0.1) is 11.6 Å². The van der Waals surface area contributed by atoms with Gasteiger partial charge in [0.05, 0.1) is 13.7 Å². The Kier molecular flexibility index (Phi) is 4.87. The Bertz CT molecular complexity index is 684. The molecule has 1 amide bonds. The largest absolute Gasteiger partial charge is 0.497 e. The second kappa shape index (κ2) is 7.05. The molecule has 0 N–H and O–H groups in total. The maximum absolute atomic E-state index is 12.8. The van der Waals surface area contributed by atoms with Gasteiger partial charge in [-0.2, -0.15) is 0 Å². The number of alkyl halides is 1. The second-order valence-electron chi connectivity index (χ2n) is 5.78. The molecule has 0 saturated carbocycles. The first-order chi connectivity index (χ1) is 11.2. The van der Waals surface area contributed by atoms with Crippen molar-refractivity contribution < 1.29 is 9.53 Å². The molecule has 0 saturated heterocycles. The summed E-state index contributed by atoms with van der Waals surface area (Å²) in [5.41, 5.74) is 3.32. The number of para-hydroxylation sites is 1. The number of amides is 1. The fourth-order valence-electron chi connectivity index (χ4n) is 3.07. The lowest BCUT2D eigenvalue weighted by molar-refractivity contribution is -0.123. The predicted octanol–water partition coefficient (Wildman–Crippen LogP) is 4.03. The van der Waals surface area contributed by atoms with Gasteiger partial charge >= 0.3 is 0 Å². The number of nitrogens with zero attached hydrogens (tertiary/aromatic N) is 1. The van der Waals surface area contributed by atoms with Crippen molar-refractivity contribution in [1.29, 1.82) is 0 Å². The van der Waals surface area contributed by atoms with Crippen LogP contribution in [0.5, 0.6) is 5.75 Å². The van der Waals surface area contributed by atoms with Gasteiger partial charge in [0.15, 0.2) is 0 Å². The third kappa shape index (κ3) is 3.35. The van der Waals surface area contributed by atoms with Gasteiger partial charge < -0.3 is 9.64 Å². The van der Waals surface area contributed by atoms with Gasteiger partial charge in [-0.05, 0) is 42.2 Å². The summed E-state index contributed by atoms with van der Waals surface area (Å²) in [7, 11) is 1.65. The number of rotatable bonds is 5. The van der Waals surface area contributed by atoms with Crippen molar-refractivity contribution in [3.8, 4) is 5.75 Å². The fraction of sp³-hybridized carbons (Fsp3) is 0.316. The molecule has 3 nitrogen and oxygen atoms in total. The van der Waals surface area contributed by atoms with Crippen molar-refractivity contribution in [2.24, 2.45) is 5.92 Å². The molecule has 120 valence electrons. The first-order valence-electron chi connectivity index (χ1n) is 7.81. The Morgan fingerprint density at radius 2 is 1.91 bits per heavy atom. The maximum atomic E-state index is 12.8. The summed E-state index contributed by atoms with van der Waals surface area (Å²) in [6.45, 7) is 0.568. The Hall–Kier alpha value is -2.00. The highest BCUT2D eigenvalue weighted by Crippen LogP contribution is 2.33. The van der Waals surface area contributed by atoms with Crippen LogP contribution in [-0.2, 0) is 17.8 Å². The van der Waals surface area contributed by atoms with Crippen LogP contribution in [0.4, 0.5) is 5.69 Å². The summed E-state index contributed by atoms with van der Waals surface area (Å²) < 4.78 is 5.19. The first kappa shape index (κ1) is 15.9. The molecule has 2 aromatic carbocycles. The lowest BCUT2D eigenvalue weighted by atomic mass is 9.89. The second-order valence-corrected chi connectivity index (χ2v) is 6.16. The topological polar surface area (TPSA) is 29.5 Å². The van der Waals surface area contributed by atoms with Gasteiger partial charge in [0.25, 0.3) is 0 Å². The number of hydrogen-bond donors (Lipinski definition) is 0. The minimum absolute atomic E-state index is 0.0272. The molecule has 1 aliphatic heterocycles. The number of anilines is 1. The Balaban J connectivity index is 1.89. The number of ether oxygens (including phenoxy) is 1. The molecule has 0 bridgehead atoms. The summed E-state index contributed by atoms with van der Waals surface area (Å²) in [5.74, 6) is 1.47. The SMILES string of the molecule is COc1ccc(CN2C(=O)C(CCCl)Cc3ccccc32)cc1. The number of hydrogen-bond acceptors (Lipinski definition) is 2. The van der Waals surface area contributed by atoms with Crippen LogP contribution in [-0.4, -0.2) is 18.9 Å². The molecule has 0 fully saturated rings. The Labute approximate surface area is 141 Å². The van der Waals surface area contributed by atoms with Gasteiger partial charge in [-0.25, -0.2) is 0 Å². The zero-order valence-corrected chi connectivity index (χ0v) is 13.9. The van der Waals surface area contributed by atoms with E-state index >= 15 is 0 Å². The van der Waals surface area contributed by atoms with E-state index in [1.54, 1.807) is 7.11 Å². The molecule has 0 aliphatic carbocycles. The minimum Gasteiger partial charge on any atom is -0.497 e. The van der Waals surface area contributed by atoms with Gasteiger partial charge in [0, 0.05) is 17.5 Å². The molecule has 1 unspecified atom stereocenters. The van der Waals surface area contributed by atoms with Crippen molar-refractivity contribution in [3.63, 3.8) is 0 Å². The van der Waals surface area contributed by atoms with E-state index in [1.165, 1.54) is 5.56 Å². The van der Waals surface area contributed by atoms with Crippen molar-refractivity contribution in [2.45, 2.75) is 19.4 Å².